The van der Waals surface area contributed by atoms with Crippen molar-refractivity contribution in [2.24, 2.45) is 0 Å². The Labute approximate surface area is 122 Å². The quantitative estimate of drug-likeness (QED) is 0.907. The van der Waals surface area contributed by atoms with Crippen LogP contribution in [0.2, 0.25) is 0 Å². The number of aromatic hydroxyl groups is 1. The Morgan fingerprint density at radius 2 is 2.05 bits per heavy atom. The maximum absolute atomic E-state index is 12.1. The highest BCUT2D eigenvalue weighted by molar-refractivity contribution is 7.10. The van der Waals surface area contributed by atoms with E-state index < -0.39 is 0 Å². The first kappa shape index (κ1) is 14.4. The molecule has 2 amide bonds. The summed E-state index contributed by atoms with van der Waals surface area (Å²) < 4.78 is 0. The molecule has 4 nitrogen and oxygen atoms in total. The minimum Gasteiger partial charge on any atom is -0.508 e. The molecular formula is C15H18N2O2S. The van der Waals surface area contributed by atoms with Crippen molar-refractivity contribution in [2.45, 2.75) is 19.5 Å². The number of amides is 2. The number of thiophene rings is 1. The molecule has 0 saturated carbocycles. The first-order valence-corrected chi connectivity index (χ1v) is 7.27. The molecule has 0 aliphatic heterocycles. The van der Waals surface area contributed by atoms with Crippen LogP contribution in [-0.2, 0) is 6.54 Å². The Morgan fingerprint density at radius 3 is 2.65 bits per heavy atom. The molecule has 1 aromatic carbocycles. The van der Waals surface area contributed by atoms with E-state index in [0.717, 1.165) is 10.4 Å². The first-order chi connectivity index (χ1) is 9.56. The molecule has 1 unspecified atom stereocenters. The van der Waals surface area contributed by atoms with Crippen LogP contribution in [0.1, 0.15) is 23.4 Å². The number of rotatable bonds is 4. The van der Waals surface area contributed by atoms with E-state index in [1.165, 1.54) is 0 Å². The molecule has 2 aromatic rings. The highest BCUT2D eigenvalue weighted by Crippen LogP contribution is 2.18. The lowest BCUT2D eigenvalue weighted by molar-refractivity contribution is 0.203. The SMILES string of the molecule is CC(NC(=O)N(C)Cc1ccc(O)cc1)c1cccs1. The lowest BCUT2D eigenvalue weighted by Gasteiger charge is -2.21. The van der Waals surface area contributed by atoms with Crippen molar-refractivity contribution in [3.05, 3.63) is 52.2 Å². The number of nitrogens with one attached hydrogen (secondary N) is 1. The van der Waals surface area contributed by atoms with Gasteiger partial charge in [0.2, 0.25) is 0 Å². The van der Waals surface area contributed by atoms with Crippen molar-refractivity contribution >= 4 is 17.4 Å². The van der Waals surface area contributed by atoms with E-state index in [1.807, 2.05) is 36.6 Å². The predicted molar refractivity (Wildman–Crippen MR) is 80.8 cm³/mol. The average molecular weight is 290 g/mol. The smallest absolute Gasteiger partial charge is 0.317 e. The number of hydrogen-bond donors (Lipinski definition) is 2. The van der Waals surface area contributed by atoms with Gasteiger partial charge >= 0.3 is 6.03 Å². The largest absolute Gasteiger partial charge is 0.508 e. The number of phenolic OH excluding ortho intramolecular Hbond substituents is 1. The fraction of sp³-hybridized carbons (Fsp3) is 0.267. The zero-order valence-electron chi connectivity index (χ0n) is 11.5. The normalized spacial score (nSPS) is 11.9. The van der Waals surface area contributed by atoms with Crippen molar-refractivity contribution in [2.75, 3.05) is 7.05 Å². The van der Waals surface area contributed by atoms with Crippen molar-refractivity contribution in [3.8, 4) is 5.75 Å². The van der Waals surface area contributed by atoms with Gasteiger partial charge in [-0.2, -0.15) is 0 Å². The lowest BCUT2D eigenvalue weighted by Crippen LogP contribution is -2.37. The van der Waals surface area contributed by atoms with Crippen LogP contribution < -0.4 is 5.32 Å². The van der Waals surface area contributed by atoms with Gasteiger partial charge in [-0.1, -0.05) is 18.2 Å². The zero-order valence-corrected chi connectivity index (χ0v) is 12.4. The van der Waals surface area contributed by atoms with E-state index in [1.54, 1.807) is 35.4 Å². The molecule has 0 fully saturated rings. The maximum Gasteiger partial charge on any atom is 0.317 e. The molecule has 2 rings (SSSR count). The van der Waals surface area contributed by atoms with Crippen LogP contribution in [0.4, 0.5) is 4.79 Å². The summed E-state index contributed by atoms with van der Waals surface area (Å²) in [5.74, 6) is 0.229. The Balaban J connectivity index is 1.90. The Kier molecular flexibility index (Phi) is 4.63. The highest BCUT2D eigenvalue weighted by atomic mass is 32.1. The third-order valence-electron chi connectivity index (χ3n) is 3.01. The van der Waals surface area contributed by atoms with Gasteiger partial charge in [-0.3, -0.25) is 0 Å². The van der Waals surface area contributed by atoms with Crippen molar-refractivity contribution in [1.82, 2.24) is 10.2 Å². The standard InChI is InChI=1S/C15H18N2O2S/c1-11(14-4-3-9-20-14)16-15(19)17(2)10-12-5-7-13(18)8-6-12/h3-9,11,18H,10H2,1-2H3,(H,16,19). The molecule has 0 aliphatic carbocycles. The molecule has 0 spiro atoms. The van der Waals surface area contributed by atoms with Crippen LogP contribution in [0.5, 0.6) is 5.75 Å². The summed E-state index contributed by atoms with van der Waals surface area (Å²) in [6.07, 6.45) is 0. The maximum atomic E-state index is 12.1. The fourth-order valence-electron chi connectivity index (χ4n) is 1.85. The molecule has 0 bridgehead atoms. The van der Waals surface area contributed by atoms with Crippen LogP contribution in [0.15, 0.2) is 41.8 Å². The van der Waals surface area contributed by atoms with Crippen LogP contribution in [0.3, 0.4) is 0 Å². The van der Waals surface area contributed by atoms with Crippen LogP contribution in [0.25, 0.3) is 0 Å². The van der Waals surface area contributed by atoms with Crippen LogP contribution >= 0.6 is 11.3 Å². The molecule has 1 atom stereocenters. The summed E-state index contributed by atoms with van der Waals surface area (Å²) >= 11 is 1.63. The number of hydrogen-bond acceptors (Lipinski definition) is 3. The van der Waals surface area contributed by atoms with E-state index in [4.69, 9.17) is 0 Å². The van der Waals surface area contributed by atoms with E-state index in [2.05, 4.69) is 5.32 Å². The molecular weight excluding hydrogens is 272 g/mol. The number of urea groups is 1. The Morgan fingerprint density at radius 1 is 1.35 bits per heavy atom. The molecule has 2 N–H and O–H groups in total. The van der Waals surface area contributed by atoms with Crippen molar-refractivity contribution < 1.29 is 9.90 Å². The average Bonchev–Trinajstić information content (AvgIpc) is 2.95. The van der Waals surface area contributed by atoms with Gasteiger partial charge in [0.15, 0.2) is 0 Å². The van der Waals surface area contributed by atoms with E-state index >= 15 is 0 Å². The second-order valence-electron chi connectivity index (χ2n) is 4.71. The number of carbonyl (C=O) groups is 1. The summed E-state index contributed by atoms with van der Waals surface area (Å²) in [5.41, 5.74) is 0.976. The molecule has 0 aliphatic rings. The highest BCUT2D eigenvalue weighted by Gasteiger charge is 2.14. The lowest BCUT2D eigenvalue weighted by atomic mass is 10.2. The third kappa shape index (κ3) is 3.74. The van der Waals surface area contributed by atoms with Gasteiger partial charge in [0.05, 0.1) is 6.04 Å². The van der Waals surface area contributed by atoms with E-state index in [9.17, 15) is 9.90 Å². The summed E-state index contributed by atoms with van der Waals surface area (Å²) in [7, 11) is 1.75. The summed E-state index contributed by atoms with van der Waals surface area (Å²) in [6.45, 7) is 2.47. The summed E-state index contributed by atoms with van der Waals surface area (Å²) in [4.78, 5) is 14.8. The van der Waals surface area contributed by atoms with Crippen molar-refractivity contribution in [3.63, 3.8) is 0 Å². The van der Waals surface area contributed by atoms with Gasteiger partial charge in [0.1, 0.15) is 5.75 Å². The second kappa shape index (κ2) is 6.43. The Hall–Kier alpha value is -2.01. The monoisotopic (exact) mass is 290 g/mol. The Bertz CT molecular complexity index is 552. The van der Waals surface area contributed by atoms with Gasteiger partial charge in [-0.25, -0.2) is 4.79 Å². The number of benzene rings is 1. The minimum absolute atomic E-state index is 0.00441. The van der Waals surface area contributed by atoms with Gasteiger partial charge in [0.25, 0.3) is 0 Å². The van der Waals surface area contributed by atoms with Gasteiger partial charge in [-0.05, 0) is 36.1 Å². The van der Waals surface area contributed by atoms with Crippen molar-refractivity contribution in [1.29, 1.82) is 0 Å². The predicted octanol–water partition coefficient (Wildman–Crippen LogP) is 3.36. The zero-order chi connectivity index (χ0) is 14.5. The molecule has 0 saturated heterocycles. The molecule has 0 radical (unpaired) electrons. The van der Waals surface area contributed by atoms with Crippen LogP contribution in [0, 0.1) is 0 Å². The topological polar surface area (TPSA) is 52.6 Å². The number of nitrogens with zero attached hydrogens (tertiary/aromatic N) is 1. The molecule has 5 heteroatoms. The van der Waals surface area contributed by atoms with Gasteiger partial charge in [0, 0.05) is 18.5 Å². The molecule has 106 valence electrons. The third-order valence-corrected chi connectivity index (χ3v) is 4.07. The van der Waals surface area contributed by atoms with Crippen LogP contribution in [-0.4, -0.2) is 23.1 Å². The number of phenols is 1. The molecule has 20 heavy (non-hydrogen) atoms. The van der Waals surface area contributed by atoms with Gasteiger partial charge in [-0.15, -0.1) is 11.3 Å². The second-order valence-corrected chi connectivity index (χ2v) is 5.69. The molecule has 1 heterocycles. The summed E-state index contributed by atoms with van der Waals surface area (Å²) in [6, 6.07) is 10.7. The van der Waals surface area contributed by atoms with E-state index in [0.29, 0.717) is 6.54 Å². The molecule has 1 aromatic heterocycles. The first-order valence-electron chi connectivity index (χ1n) is 6.39. The van der Waals surface area contributed by atoms with Gasteiger partial charge < -0.3 is 15.3 Å². The fourth-order valence-corrected chi connectivity index (χ4v) is 2.59. The van der Waals surface area contributed by atoms with E-state index in [-0.39, 0.29) is 17.8 Å². The summed E-state index contributed by atoms with van der Waals surface area (Å²) in [5, 5.41) is 14.2. The minimum atomic E-state index is -0.112. The number of carbonyl (C=O) groups excluding carboxylic acids is 1.